The van der Waals surface area contributed by atoms with Crippen LogP contribution in [0.1, 0.15) is 0 Å². The fraction of sp³-hybridized carbons (Fsp3) is 0.300. The maximum atomic E-state index is 12.4. The normalized spacial score (nSPS) is 10.5. The summed E-state index contributed by atoms with van der Waals surface area (Å²) in [6, 6.07) is 6.37. The minimum Gasteiger partial charge on any atom is -0.493 e. The predicted octanol–water partition coefficient (Wildman–Crippen LogP) is 1.49. The molecule has 1 aromatic carbocycles. The van der Waals surface area contributed by atoms with Crippen molar-refractivity contribution in [1.29, 1.82) is 0 Å². The second kappa shape index (κ2) is 9.65. The third-order valence-corrected chi connectivity index (χ3v) is 4.49. The quantitative estimate of drug-likeness (QED) is 0.557. The van der Waals surface area contributed by atoms with E-state index in [-0.39, 0.29) is 18.8 Å². The fourth-order valence-electron chi connectivity index (χ4n) is 2.98. The molecule has 0 unspecified atom stereocenters. The van der Waals surface area contributed by atoms with Crippen LogP contribution < -0.4 is 30.5 Å². The van der Waals surface area contributed by atoms with E-state index in [0.29, 0.717) is 28.8 Å². The van der Waals surface area contributed by atoms with Gasteiger partial charge >= 0.3 is 11.7 Å². The Labute approximate surface area is 178 Å². The Hall–Kier alpha value is -4.02. The third-order valence-electron chi connectivity index (χ3n) is 4.49. The Balaban J connectivity index is 1.63. The molecule has 2 aromatic heterocycles. The lowest BCUT2D eigenvalue weighted by atomic mass is 10.2. The third kappa shape index (κ3) is 4.77. The highest BCUT2D eigenvalue weighted by Gasteiger charge is 2.15. The van der Waals surface area contributed by atoms with Crippen LogP contribution in [0.4, 0.5) is 10.5 Å². The van der Waals surface area contributed by atoms with Crippen LogP contribution in [0.3, 0.4) is 0 Å². The molecule has 0 aliphatic rings. The number of anilines is 1. The van der Waals surface area contributed by atoms with Crippen LogP contribution >= 0.6 is 0 Å². The van der Waals surface area contributed by atoms with Crippen molar-refractivity contribution in [3.63, 3.8) is 0 Å². The average molecular weight is 428 g/mol. The Morgan fingerprint density at radius 3 is 2.42 bits per heavy atom. The van der Waals surface area contributed by atoms with Crippen molar-refractivity contribution < 1.29 is 19.0 Å². The van der Waals surface area contributed by atoms with Crippen LogP contribution in [0, 0.1) is 0 Å². The molecule has 3 rings (SSSR count). The Kier molecular flexibility index (Phi) is 6.75. The number of methoxy groups -OCH3 is 3. The molecule has 11 nitrogen and oxygen atoms in total. The van der Waals surface area contributed by atoms with Gasteiger partial charge in [0.25, 0.3) is 0 Å². The van der Waals surface area contributed by atoms with Crippen molar-refractivity contribution in [2.24, 2.45) is 7.05 Å². The predicted molar refractivity (Wildman–Crippen MR) is 114 cm³/mol. The largest absolute Gasteiger partial charge is 0.493 e. The smallest absolute Gasteiger partial charge is 0.345 e. The lowest BCUT2D eigenvalue weighted by molar-refractivity contribution is 0.251. The van der Waals surface area contributed by atoms with Crippen molar-refractivity contribution in [1.82, 2.24) is 24.6 Å². The van der Waals surface area contributed by atoms with E-state index in [4.69, 9.17) is 14.2 Å². The molecule has 0 atom stereocenters. The molecule has 0 saturated carbocycles. The van der Waals surface area contributed by atoms with E-state index in [1.54, 1.807) is 37.6 Å². The first kappa shape index (κ1) is 21.7. The van der Waals surface area contributed by atoms with Crippen LogP contribution in [0.15, 0.2) is 41.5 Å². The lowest BCUT2D eigenvalue weighted by Gasteiger charge is -2.14. The highest BCUT2D eigenvalue weighted by Crippen LogP contribution is 2.39. The zero-order chi connectivity index (χ0) is 22.4. The van der Waals surface area contributed by atoms with E-state index in [0.717, 1.165) is 5.56 Å². The summed E-state index contributed by atoms with van der Waals surface area (Å²) in [5, 5.41) is 9.73. The number of carbonyl (C=O) groups excluding carboxylic acids is 1. The van der Waals surface area contributed by atoms with Crippen LogP contribution in [0.5, 0.6) is 17.2 Å². The summed E-state index contributed by atoms with van der Waals surface area (Å²) >= 11 is 0. The maximum absolute atomic E-state index is 12.4. The van der Waals surface area contributed by atoms with E-state index in [9.17, 15) is 9.59 Å². The molecule has 0 aliphatic carbocycles. The summed E-state index contributed by atoms with van der Waals surface area (Å²) in [7, 11) is 6.12. The topological polar surface area (TPSA) is 122 Å². The average Bonchev–Trinajstić information content (AvgIpc) is 3.07. The molecular weight excluding hydrogens is 404 g/mol. The summed E-state index contributed by atoms with van der Waals surface area (Å²) < 4.78 is 18.5. The number of amides is 2. The first-order chi connectivity index (χ1) is 15.0. The van der Waals surface area contributed by atoms with Crippen molar-refractivity contribution in [2.75, 3.05) is 33.2 Å². The summed E-state index contributed by atoms with van der Waals surface area (Å²) in [6.45, 7) is 0.398. The van der Waals surface area contributed by atoms with Crippen molar-refractivity contribution in [3.8, 4) is 28.6 Å². The molecule has 2 amide bonds. The number of nitrogens with zero attached hydrogens (tertiary/aromatic N) is 4. The number of ether oxygens (including phenoxy) is 3. The number of carbonyl (C=O) groups is 1. The number of aromatic nitrogens is 4. The Bertz CT molecular complexity index is 1080. The minimum atomic E-state index is -0.453. The van der Waals surface area contributed by atoms with Crippen LogP contribution in [0.2, 0.25) is 0 Å². The second-order valence-electron chi connectivity index (χ2n) is 6.42. The molecule has 0 spiro atoms. The first-order valence-electron chi connectivity index (χ1n) is 9.37. The molecule has 2 heterocycles. The number of nitrogens with one attached hydrogen (secondary N) is 2. The van der Waals surface area contributed by atoms with Gasteiger partial charge in [0.1, 0.15) is 0 Å². The van der Waals surface area contributed by atoms with Gasteiger partial charge in [-0.05, 0) is 12.1 Å². The zero-order valence-corrected chi connectivity index (χ0v) is 17.7. The van der Waals surface area contributed by atoms with Crippen LogP contribution in [-0.4, -0.2) is 53.2 Å². The molecule has 0 aliphatic heterocycles. The molecule has 0 fully saturated rings. The van der Waals surface area contributed by atoms with Gasteiger partial charge in [-0.1, -0.05) is 0 Å². The van der Waals surface area contributed by atoms with Crippen molar-refractivity contribution in [2.45, 2.75) is 6.54 Å². The molecule has 0 saturated heterocycles. The standard InChI is InChI=1S/C20H24N6O5/c1-25-18(13-6-5-7-21-12-13)24-26(20(25)28)9-8-22-19(27)23-14-10-15(29-2)17(31-4)16(11-14)30-3/h5-7,10-12H,8-9H2,1-4H3,(H2,22,23,27). The van der Waals surface area contributed by atoms with Crippen LogP contribution in [0.25, 0.3) is 11.4 Å². The van der Waals surface area contributed by atoms with Gasteiger partial charge in [-0.15, -0.1) is 5.10 Å². The summed E-state index contributed by atoms with van der Waals surface area (Å²) in [6.07, 6.45) is 3.28. The number of urea groups is 1. The molecule has 164 valence electrons. The van der Waals surface area contributed by atoms with Gasteiger partial charge in [0, 0.05) is 43.7 Å². The molecule has 2 N–H and O–H groups in total. The number of hydrogen-bond donors (Lipinski definition) is 2. The summed E-state index contributed by atoms with van der Waals surface area (Å²) in [4.78, 5) is 28.7. The molecule has 11 heteroatoms. The summed E-state index contributed by atoms with van der Waals surface area (Å²) in [5.41, 5.74) is 0.903. The van der Waals surface area contributed by atoms with Gasteiger partial charge < -0.3 is 24.8 Å². The number of hydrogen-bond acceptors (Lipinski definition) is 7. The number of pyridine rings is 1. The SMILES string of the molecule is COc1cc(NC(=O)NCCn2nc(-c3cccnc3)n(C)c2=O)cc(OC)c1OC. The van der Waals surface area contributed by atoms with E-state index in [1.165, 1.54) is 30.6 Å². The first-order valence-corrected chi connectivity index (χ1v) is 9.37. The van der Waals surface area contributed by atoms with Crippen molar-refractivity contribution >= 4 is 11.7 Å². The monoisotopic (exact) mass is 428 g/mol. The maximum Gasteiger partial charge on any atom is 0.345 e. The zero-order valence-electron chi connectivity index (χ0n) is 17.7. The molecule has 0 bridgehead atoms. The molecule has 0 radical (unpaired) electrons. The number of benzene rings is 1. The number of rotatable bonds is 8. The van der Waals surface area contributed by atoms with E-state index in [1.807, 2.05) is 6.07 Å². The fourth-order valence-corrected chi connectivity index (χ4v) is 2.98. The van der Waals surface area contributed by atoms with Crippen molar-refractivity contribution in [3.05, 3.63) is 47.1 Å². The van der Waals surface area contributed by atoms with Gasteiger partial charge in [-0.2, -0.15) is 0 Å². The Morgan fingerprint density at radius 1 is 1.13 bits per heavy atom. The Morgan fingerprint density at radius 2 is 1.84 bits per heavy atom. The van der Waals surface area contributed by atoms with Gasteiger partial charge in [-0.25, -0.2) is 14.3 Å². The second-order valence-corrected chi connectivity index (χ2v) is 6.42. The van der Waals surface area contributed by atoms with Gasteiger partial charge in [0.15, 0.2) is 17.3 Å². The van der Waals surface area contributed by atoms with E-state index < -0.39 is 6.03 Å². The van der Waals surface area contributed by atoms with E-state index >= 15 is 0 Å². The molecule has 3 aromatic rings. The lowest BCUT2D eigenvalue weighted by Crippen LogP contribution is -2.34. The van der Waals surface area contributed by atoms with Gasteiger partial charge in [0.2, 0.25) is 5.75 Å². The highest BCUT2D eigenvalue weighted by molar-refractivity contribution is 5.90. The van der Waals surface area contributed by atoms with E-state index in [2.05, 4.69) is 20.7 Å². The minimum absolute atomic E-state index is 0.194. The van der Waals surface area contributed by atoms with Gasteiger partial charge in [0.05, 0.1) is 33.6 Å². The molecule has 31 heavy (non-hydrogen) atoms. The highest BCUT2D eigenvalue weighted by atomic mass is 16.5. The van der Waals surface area contributed by atoms with Crippen LogP contribution in [-0.2, 0) is 13.6 Å². The summed E-state index contributed by atoms with van der Waals surface area (Å²) in [5.74, 6) is 1.76. The molecular formula is C20H24N6O5. The van der Waals surface area contributed by atoms with Gasteiger partial charge in [-0.3, -0.25) is 9.55 Å².